The summed E-state index contributed by atoms with van der Waals surface area (Å²) in [6.07, 6.45) is 6.17. The van der Waals surface area contributed by atoms with Gasteiger partial charge in [0.25, 0.3) is 0 Å². The van der Waals surface area contributed by atoms with Crippen LogP contribution in [0.2, 0.25) is 10.0 Å². The van der Waals surface area contributed by atoms with Gasteiger partial charge < -0.3 is 9.26 Å². The van der Waals surface area contributed by atoms with E-state index in [0.29, 0.717) is 33.6 Å². The third kappa shape index (κ3) is 7.56. The van der Waals surface area contributed by atoms with Crippen molar-refractivity contribution in [1.29, 1.82) is 0 Å². The Morgan fingerprint density at radius 3 is 2.33 bits per heavy atom. The topological polar surface area (TPSA) is 98.5 Å². The van der Waals surface area contributed by atoms with E-state index in [0.717, 1.165) is 55.6 Å². The summed E-state index contributed by atoms with van der Waals surface area (Å²) in [5.41, 5.74) is 3.28. The van der Waals surface area contributed by atoms with Crippen molar-refractivity contribution in [1.82, 2.24) is 9.88 Å². The third-order valence-electron chi connectivity index (χ3n) is 7.31. The lowest BCUT2D eigenvalue weighted by Gasteiger charge is -2.17. The molecule has 0 saturated heterocycles. The highest BCUT2D eigenvalue weighted by molar-refractivity contribution is 7.71. The van der Waals surface area contributed by atoms with E-state index in [-0.39, 0.29) is 24.3 Å². The highest BCUT2D eigenvalue weighted by atomic mass is 35.5. The molecule has 1 saturated carbocycles. The Hall–Kier alpha value is -2.55. The van der Waals surface area contributed by atoms with Gasteiger partial charge in [-0.2, -0.15) is 0 Å². The second-order valence-electron chi connectivity index (χ2n) is 10.3. The number of carbonyl (C=O) groups excluding carboxylic acids is 1. The zero-order valence-electron chi connectivity index (χ0n) is 22.1. The lowest BCUT2D eigenvalue weighted by Crippen LogP contribution is -2.29. The summed E-state index contributed by atoms with van der Waals surface area (Å²) in [5.74, 6) is 1.34. The number of hydrogen-bond acceptors (Lipinski definition) is 6. The number of ether oxygens (including phenoxy) is 1. The molecule has 0 spiro atoms. The molecule has 0 aliphatic heterocycles. The fourth-order valence-electron chi connectivity index (χ4n) is 5.28. The summed E-state index contributed by atoms with van der Waals surface area (Å²) in [5, 5.41) is 5.29. The molecular weight excluding hydrogens is 559 g/mol. The molecule has 1 heterocycles. The van der Waals surface area contributed by atoms with Crippen molar-refractivity contribution in [2.45, 2.75) is 77.2 Å². The monoisotopic (exact) mass is 592 g/mol. The summed E-state index contributed by atoms with van der Waals surface area (Å²) < 4.78 is 35.7. The number of rotatable bonds is 8. The van der Waals surface area contributed by atoms with Crippen LogP contribution in [0.25, 0.3) is 11.3 Å². The number of amides is 1. The van der Waals surface area contributed by atoms with Crippen LogP contribution >= 0.6 is 23.2 Å². The highest BCUT2D eigenvalue weighted by Crippen LogP contribution is 2.39. The third-order valence-corrected chi connectivity index (χ3v) is 8.34. The summed E-state index contributed by atoms with van der Waals surface area (Å²) >= 11 is 12.9. The molecule has 1 N–H and O–H groups in total. The summed E-state index contributed by atoms with van der Waals surface area (Å²) in [6, 6.07) is 13.5. The van der Waals surface area contributed by atoms with Gasteiger partial charge in [0.2, 0.25) is 16.8 Å². The van der Waals surface area contributed by atoms with Crippen LogP contribution in [0.15, 0.2) is 47.0 Å². The van der Waals surface area contributed by atoms with Crippen LogP contribution in [0.1, 0.15) is 87.5 Å². The van der Waals surface area contributed by atoms with Gasteiger partial charge in [0, 0.05) is 17.4 Å². The van der Waals surface area contributed by atoms with Gasteiger partial charge in [-0.3, -0.25) is 9.52 Å². The molecule has 39 heavy (non-hydrogen) atoms. The van der Waals surface area contributed by atoms with Gasteiger partial charge in [0.1, 0.15) is 23.8 Å². The zero-order chi connectivity index (χ0) is 27.9. The average molecular weight is 594 g/mol. The number of carbonyl (C=O) groups is 1. The Kier molecular flexibility index (Phi) is 10.3. The molecule has 210 valence electrons. The van der Waals surface area contributed by atoms with Gasteiger partial charge in [-0.25, -0.2) is 8.42 Å². The lowest BCUT2D eigenvalue weighted by atomic mass is 9.89. The molecule has 2 atom stereocenters. The van der Waals surface area contributed by atoms with E-state index in [1.807, 2.05) is 26.0 Å². The molecule has 2 aromatic carbocycles. The van der Waals surface area contributed by atoms with Crippen LogP contribution in [0.4, 0.5) is 0 Å². The normalized spacial score (nSPS) is 18.4. The number of benzene rings is 2. The first kappa shape index (κ1) is 29.4. The first-order valence-electron chi connectivity index (χ1n) is 13.3. The Morgan fingerprint density at radius 1 is 1.03 bits per heavy atom. The van der Waals surface area contributed by atoms with Crippen molar-refractivity contribution in [2.24, 2.45) is 5.92 Å². The minimum absolute atomic E-state index is 0.102. The van der Waals surface area contributed by atoms with Crippen LogP contribution in [-0.2, 0) is 22.3 Å². The van der Waals surface area contributed by atoms with E-state index in [4.69, 9.17) is 32.5 Å². The average Bonchev–Trinajstić information content (AvgIpc) is 3.35. The van der Waals surface area contributed by atoms with Crippen molar-refractivity contribution < 1.29 is 22.5 Å². The quantitative estimate of drug-likeness (QED) is 0.264. The number of hydrogen-bond donors (Lipinski definition) is 2. The molecule has 3 aromatic rings. The van der Waals surface area contributed by atoms with E-state index in [1.54, 1.807) is 18.2 Å². The van der Waals surface area contributed by atoms with Gasteiger partial charge in [0.15, 0.2) is 0 Å². The van der Waals surface area contributed by atoms with E-state index < -0.39 is 10.9 Å². The molecule has 1 aliphatic rings. The van der Waals surface area contributed by atoms with Crippen molar-refractivity contribution in [3.63, 3.8) is 0 Å². The molecule has 0 radical (unpaired) electrons. The molecule has 7 nitrogen and oxygen atoms in total. The van der Waals surface area contributed by atoms with E-state index >= 15 is 0 Å². The predicted octanol–water partition coefficient (Wildman–Crippen LogP) is 7.44. The largest absolute Gasteiger partial charge is 0.489 e. The number of nitrogens with one attached hydrogen (secondary N) is 1. The molecule has 1 aliphatic carbocycles. The van der Waals surface area contributed by atoms with Crippen molar-refractivity contribution >= 4 is 40.0 Å². The highest BCUT2D eigenvalue weighted by Gasteiger charge is 2.25. The Morgan fingerprint density at radius 2 is 1.67 bits per heavy atom. The molecule has 10 heteroatoms. The predicted molar refractivity (Wildman–Crippen MR) is 154 cm³/mol. The molecule has 4 rings (SSSR count). The number of thiol groups is 1. The molecule has 0 bridgehead atoms. The van der Waals surface area contributed by atoms with Gasteiger partial charge in [-0.05, 0) is 61.4 Å². The van der Waals surface area contributed by atoms with Crippen LogP contribution in [0, 0.1) is 5.92 Å². The van der Waals surface area contributed by atoms with Crippen molar-refractivity contribution in [3.8, 4) is 17.0 Å². The fraction of sp³-hybridized carbons (Fsp3) is 0.448. The van der Waals surface area contributed by atoms with Gasteiger partial charge in [-0.1, -0.05) is 79.7 Å². The maximum Gasteiger partial charge on any atom is 0.236 e. The Balaban J connectivity index is 1.43. The first-order valence-corrected chi connectivity index (χ1v) is 15.3. The number of aromatic nitrogens is 1. The number of halogens is 2. The molecule has 1 fully saturated rings. The maximum absolute atomic E-state index is 12.2. The summed E-state index contributed by atoms with van der Waals surface area (Å²) in [6.45, 7) is 4.33. The second-order valence-corrected chi connectivity index (χ2v) is 11.9. The SMILES string of the molecule is CC(C)c1onc(-c2c(Cl)cccc2Cl)c1COc1ccc(C2CCCCC(C(=O)N[SH](=O)=O)CCC2)cc1. The van der Waals surface area contributed by atoms with Crippen LogP contribution in [-0.4, -0.2) is 19.5 Å². The zero-order valence-corrected chi connectivity index (χ0v) is 24.5. The van der Waals surface area contributed by atoms with Crippen molar-refractivity contribution in [3.05, 3.63) is 69.4 Å². The fourth-order valence-corrected chi connectivity index (χ4v) is 6.22. The minimum atomic E-state index is -2.90. The van der Waals surface area contributed by atoms with E-state index in [9.17, 15) is 13.2 Å². The first-order chi connectivity index (χ1) is 18.7. The van der Waals surface area contributed by atoms with Gasteiger partial charge in [0.05, 0.1) is 15.6 Å². The van der Waals surface area contributed by atoms with Crippen LogP contribution < -0.4 is 9.46 Å². The molecule has 1 aromatic heterocycles. The van der Waals surface area contributed by atoms with Crippen LogP contribution in [0.3, 0.4) is 0 Å². The lowest BCUT2D eigenvalue weighted by molar-refractivity contribution is -0.123. The second kappa shape index (κ2) is 13.7. The smallest absolute Gasteiger partial charge is 0.236 e. The number of nitrogens with zero attached hydrogens (tertiary/aromatic N) is 1. The summed E-state index contributed by atoms with van der Waals surface area (Å²) in [7, 11) is -2.90. The van der Waals surface area contributed by atoms with Crippen LogP contribution in [0.5, 0.6) is 5.75 Å². The Labute approximate surface area is 241 Å². The van der Waals surface area contributed by atoms with Crippen molar-refractivity contribution in [2.75, 3.05) is 0 Å². The van der Waals surface area contributed by atoms with Gasteiger partial charge in [-0.15, -0.1) is 0 Å². The Bertz CT molecular complexity index is 1330. The van der Waals surface area contributed by atoms with Gasteiger partial charge >= 0.3 is 0 Å². The molecule has 1 amide bonds. The molecule has 2 unspecified atom stereocenters. The minimum Gasteiger partial charge on any atom is -0.489 e. The van der Waals surface area contributed by atoms with E-state index in [1.165, 1.54) is 5.56 Å². The van der Waals surface area contributed by atoms with E-state index in [2.05, 4.69) is 22.0 Å². The molecular formula is C29H34Cl2N2O5S. The maximum atomic E-state index is 12.2. The summed E-state index contributed by atoms with van der Waals surface area (Å²) in [4.78, 5) is 12.2. The standard InChI is InChI=1S/C29H34Cl2N2O5S/c1-18(2)28-23(27(32-38-28)26-24(30)11-6-12-25(26)31)17-37-22-15-13-20(14-16-22)19-7-3-4-8-21(10-5-9-19)29(34)33-39(35)36/h6,11-16,18-19,21,39H,3-5,7-10,17H2,1-2H3,(H,33,34,35,36).